The number of rotatable bonds is 3. The summed E-state index contributed by atoms with van der Waals surface area (Å²) >= 11 is 0. The van der Waals surface area contributed by atoms with Crippen LogP contribution in [-0.4, -0.2) is 17.1 Å². The fraction of sp³-hybridized carbons (Fsp3) is 0.267. The van der Waals surface area contributed by atoms with Crippen LogP contribution in [0.3, 0.4) is 0 Å². The molecule has 96 valence electrons. The van der Waals surface area contributed by atoms with Crippen LogP contribution in [0.2, 0.25) is 0 Å². The fourth-order valence-corrected chi connectivity index (χ4v) is 1.94. The molecule has 0 saturated heterocycles. The summed E-state index contributed by atoms with van der Waals surface area (Å²) in [5.74, 6) is 1.31. The number of aromatic nitrogens is 2. The van der Waals surface area contributed by atoms with E-state index in [2.05, 4.69) is 16.0 Å². The van der Waals surface area contributed by atoms with Gasteiger partial charge in [-0.05, 0) is 32.0 Å². The highest BCUT2D eigenvalue weighted by Crippen LogP contribution is 2.29. The summed E-state index contributed by atoms with van der Waals surface area (Å²) in [4.78, 5) is 8.68. The molecule has 0 spiro atoms. The first-order valence-corrected chi connectivity index (χ1v) is 6.00. The number of methoxy groups -OCH3 is 1. The number of hydrogen-bond donors (Lipinski definition) is 0. The molecule has 2 rings (SSSR count). The molecule has 0 radical (unpaired) electrons. The second-order valence-corrected chi connectivity index (χ2v) is 4.35. The summed E-state index contributed by atoms with van der Waals surface area (Å²) in [7, 11) is 1.64. The molecular weight excluding hydrogens is 238 g/mol. The first kappa shape index (κ1) is 13.0. The maximum Gasteiger partial charge on any atom is 0.143 e. The molecule has 0 atom stereocenters. The second kappa shape index (κ2) is 5.49. The lowest BCUT2D eigenvalue weighted by atomic mass is 10.1. The second-order valence-electron chi connectivity index (χ2n) is 4.35. The molecule has 2 aromatic rings. The Morgan fingerprint density at radius 3 is 2.68 bits per heavy atom. The maximum atomic E-state index is 8.76. The molecule has 0 fully saturated rings. The number of nitrogens with zero attached hydrogens (tertiary/aromatic N) is 3. The molecule has 0 amide bonds. The van der Waals surface area contributed by atoms with Gasteiger partial charge in [0, 0.05) is 11.3 Å². The first-order valence-electron chi connectivity index (χ1n) is 6.00. The molecule has 0 bridgehead atoms. The third-order valence-electron chi connectivity index (χ3n) is 2.77. The largest absolute Gasteiger partial charge is 0.496 e. The molecule has 1 aromatic heterocycles. The van der Waals surface area contributed by atoms with Crippen molar-refractivity contribution in [1.82, 2.24) is 9.97 Å². The van der Waals surface area contributed by atoms with E-state index >= 15 is 0 Å². The van der Waals surface area contributed by atoms with Crippen LogP contribution in [0.15, 0.2) is 24.3 Å². The van der Waals surface area contributed by atoms with Gasteiger partial charge in [-0.15, -0.1) is 0 Å². The normalized spacial score (nSPS) is 10.0. The molecule has 0 unspecified atom stereocenters. The summed E-state index contributed by atoms with van der Waals surface area (Å²) in [6.07, 6.45) is 0.211. The van der Waals surface area contributed by atoms with E-state index in [1.54, 1.807) is 7.11 Å². The van der Waals surface area contributed by atoms with Gasteiger partial charge in [0.2, 0.25) is 0 Å². The van der Waals surface area contributed by atoms with Crippen molar-refractivity contribution >= 4 is 0 Å². The van der Waals surface area contributed by atoms with E-state index < -0.39 is 0 Å². The Bertz CT molecular complexity index is 644. The first-order chi connectivity index (χ1) is 9.13. The Kier molecular flexibility index (Phi) is 3.76. The van der Waals surface area contributed by atoms with Gasteiger partial charge in [0.05, 0.1) is 25.3 Å². The summed E-state index contributed by atoms with van der Waals surface area (Å²) in [6, 6.07) is 9.91. The topological polar surface area (TPSA) is 58.8 Å². The third kappa shape index (κ3) is 2.89. The lowest BCUT2D eigenvalue weighted by Crippen LogP contribution is -1.99. The van der Waals surface area contributed by atoms with Crippen molar-refractivity contribution in [2.45, 2.75) is 20.3 Å². The predicted octanol–water partition coefficient (Wildman–Crippen LogP) is 2.84. The highest BCUT2D eigenvalue weighted by Gasteiger charge is 2.10. The standard InChI is InChI=1S/C15H15N3O/c1-10-4-5-14(19-3)12(8-10)13-9-11(2)17-15(18-13)6-7-16/h4-5,8-9H,6H2,1-3H3. The molecule has 0 N–H and O–H groups in total. The van der Waals surface area contributed by atoms with Gasteiger partial charge in [-0.1, -0.05) is 11.6 Å². The van der Waals surface area contributed by atoms with Gasteiger partial charge in [0.25, 0.3) is 0 Å². The number of aryl methyl sites for hydroxylation is 2. The zero-order chi connectivity index (χ0) is 13.8. The number of nitriles is 1. The van der Waals surface area contributed by atoms with Crippen molar-refractivity contribution in [3.8, 4) is 23.1 Å². The van der Waals surface area contributed by atoms with Crippen LogP contribution in [0.25, 0.3) is 11.3 Å². The van der Waals surface area contributed by atoms with Crippen molar-refractivity contribution in [1.29, 1.82) is 5.26 Å². The monoisotopic (exact) mass is 253 g/mol. The van der Waals surface area contributed by atoms with Crippen LogP contribution >= 0.6 is 0 Å². The minimum Gasteiger partial charge on any atom is -0.496 e. The zero-order valence-electron chi connectivity index (χ0n) is 11.3. The highest BCUT2D eigenvalue weighted by molar-refractivity contribution is 5.68. The van der Waals surface area contributed by atoms with E-state index in [9.17, 15) is 0 Å². The third-order valence-corrected chi connectivity index (χ3v) is 2.77. The van der Waals surface area contributed by atoms with Crippen LogP contribution in [0.4, 0.5) is 0 Å². The van der Waals surface area contributed by atoms with Crippen LogP contribution in [0.1, 0.15) is 17.1 Å². The quantitative estimate of drug-likeness (QED) is 0.844. The van der Waals surface area contributed by atoms with Gasteiger partial charge in [0.15, 0.2) is 0 Å². The molecule has 0 aliphatic heterocycles. The van der Waals surface area contributed by atoms with Crippen molar-refractivity contribution < 1.29 is 4.74 Å². The van der Waals surface area contributed by atoms with Gasteiger partial charge < -0.3 is 4.74 Å². The minimum absolute atomic E-state index is 0.211. The van der Waals surface area contributed by atoms with Crippen molar-refractivity contribution in [3.63, 3.8) is 0 Å². The Morgan fingerprint density at radius 1 is 1.21 bits per heavy atom. The minimum atomic E-state index is 0.211. The average molecular weight is 253 g/mol. The molecule has 4 nitrogen and oxygen atoms in total. The van der Waals surface area contributed by atoms with Gasteiger partial charge in [0.1, 0.15) is 11.6 Å². The van der Waals surface area contributed by atoms with Crippen molar-refractivity contribution in [2.24, 2.45) is 0 Å². The lowest BCUT2D eigenvalue weighted by Gasteiger charge is -2.10. The van der Waals surface area contributed by atoms with E-state index in [1.165, 1.54) is 0 Å². The average Bonchev–Trinajstić information content (AvgIpc) is 2.38. The summed E-state index contributed by atoms with van der Waals surface area (Å²) in [5.41, 5.74) is 3.69. The van der Waals surface area contributed by atoms with E-state index in [0.29, 0.717) is 5.82 Å². The van der Waals surface area contributed by atoms with Crippen LogP contribution in [0, 0.1) is 25.2 Å². The number of hydrogen-bond acceptors (Lipinski definition) is 4. The maximum absolute atomic E-state index is 8.76. The highest BCUT2D eigenvalue weighted by atomic mass is 16.5. The van der Waals surface area contributed by atoms with E-state index in [0.717, 1.165) is 28.3 Å². The Balaban J connectivity index is 2.58. The van der Waals surface area contributed by atoms with Gasteiger partial charge in [-0.2, -0.15) is 5.26 Å². The van der Waals surface area contributed by atoms with Gasteiger partial charge >= 0.3 is 0 Å². The fourth-order valence-electron chi connectivity index (χ4n) is 1.94. The summed E-state index contributed by atoms with van der Waals surface area (Å²) < 4.78 is 5.37. The van der Waals surface area contributed by atoms with Gasteiger partial charge in [-0.25, -0.2) is 9.97 Å². The summed E-state index contributed by atoms with van der Waals surface area (Å²) in [5, 5.41) is 8.76. The molecule has 0 aliphatic carbocycles. The molecule has 4 heteroatoms. The van der Waals surface area contributed by atoms with Crippen molar-refractivity contribution in [3.05, 3.63) is 41.3 Å². The molecule has 0 saturated carbocycles. The van der Waals surface area contributed by atoms with Crippen LogP contribution < -0.4 is 4.74 Å². The van der Waals surface area contributed by atoms with Gasteiger partial charge in [-0.3, -0.25) is 0 Å². The molecule has 1 heterocycles. The van der Waals surface area contributed by atoms with E-state index in [1.807, 2.05) is 38.1 Å². The number of benzene rings is 1. The Hall–Kier alpha value is -2.41. The molecule has 1 aromatic carbocycles. The Morgan fingerprint density at radius 2 is 2.00 bits per heavy atom. The molecule has 19 heavy (non-hydrogen) atoms. The van der Waals surface area contributed by atoms with Crippen LogP contribution in [0.5, 0.6) is 5.75 Å². The summed E-state index contributed by atoms with van der Waals surface area (Å²) in [6.45, 7) is 3.92. The smallest absolute Gasteiger partial charge is 0.143 e. The van der Waals surface area contributed by atoms with Crippen molar-refractivity contribution in [2.75, 3.05) is 7.11 Å². The lowest BCUT2D eigenvalue weighted by molar-refractivity contribution is 0.416. The van der Waals surface area contributed by atoms with E-state index in [4.69, 9.17) is 10.00 Å². The molecule has 0 aliphatic rings. The molecular formula is C15H15N3O. The number of ether oxygens (including phenoxy) is 1. The van der Waals surface area contributed by atoms with E-state index in [-0.39, 0.29) is 6.42 Å². The predicted molar refractivity (Wildman–Crippen MR) is 72.8 cm³/mol. The Labute approximate surface area is 112 Å². The van der Waals surface area contributed by atoms with Crippen LogP contribution in [-0.2, 0) is 6.42 Å². The zero-order valence-corrected chi connectivity index (χ0v) is 11.3. The SMILES string of the molecule is COc1ccc(C)cc1-c1cc(C)nc(CC#N)n1.